The molecular weight excluding hydrogens is 252 g/mol. The first kappa shape index (κ1) is 14.3. The number of para-hydroxylation sites is 1. The molecule has 0 spiro atoms. The summed E-state index contributed by atoms with van der Waals surface area (Å²) < 4.78 is 5.41. The molecule has 2 rings (SSSR count). The Morgan fingerprint density at radius 3 is 2.55 bits per heavy atom. The lowest BCUT2D eigenvalue weighted by molar-refractivity contribution is 0.246. The third kappa shape index (κ3) is 3.24. The second-order valence-corrected chi connectivity index (χ2v) is 4.78. The van der Waals surface area contributed by atoms with Crippen LogP contribution in [0.1, 0.15) is 24.1 Å². The van der Waals surface area contributed by atoms with Gasteiger partial charge in [-0.2, -0.15) is 0 Å². The van der Waals surface area contributed by atoms with Crippen LogP contribution < -0.4 is 10.5 Å². The van der Waals surface area contributed by atoms with E-state index in [0.29, 0.717) is 5.95 Å². The van der Waals surface area contributed by atoms with E-state index in [0.717, 1.165) is 23.4 Å². The van der Waals surface area contributed by atoms with Crippen molar-refractivity contribution in [1.82, 2.24) is 14.9 Å². The summed E-state index contributed by atoms with van der Waals surface area (Å²) in [5.41, 5.74) is 7.69. The number of aromatic nitrogens is 2. The number of hydrogen-bond acceptors (Lipinski definition) is 5. The molecule has 0 aliphatic rings. The molecule has 1 unspecified atom stereocenters. The number of methoxy groups -OCH3 is 1. The second-order valence-electron chi connectivity index (χ2n) is 4.78. The molecule has 2 N–H and O–H groups in total. The number of nitrogens with zero attached hydrogens (tertiary/aromatic N) is 3. The fourth-order valence-corrected chi connectivity index (χ4v) is 2.12. The molecular formula is C15H20N4O. The minimum atomic E-state index is 0.226. The number of rotatable bonds is 5. The number of anilines is 1. The van der Waals surface area contributed by atoms with Crippen molar-refractivity contribution in [3.63, 3.8) is 0 Å². The zero-order valence-corrected chi connectivity index (χ0v) is 12.1. The van der Waals surface area contributed by atoms with Gasteiger partial charge in [0, 0.05) is 36.1 Å². The number of ether oxygens (including phenoxy) is 1. The Morgan fingerprint density at radius 1 is 1.25 bits per heavy atom. The molecule has 0 fully saturated rings. The fourth-order valence-electron chi connectivity index (χ4n) is 2.12. The van der Waals surface area contributed by atoms with Gasteiger partial charge >= 0.3 is 0 Å². The highest BCUT2D eigenvalue weighted by Gasteiger charge is 2.16. The normalized spacial score (nSPS) is 12.4. The third-order valence-corrected chi connectivity index (χ3v) is 3.41. The first-order chi connectivity index (χ1) is 9.61. The predicted octanol–water partition coefficient (Wildman–Crippen LogP) is 2.26. The van der Waals surface area contributed by atoms with E-state index in [9.17, 15) is 0 Å². The van der Waals surface area contributed by atoms with Crippen molar-refractivity contribution in [3.05, 3.63) is 47.8 Å². The van der Waals surface area contributed by atoms with Gasteiger partial charge in [0.15, 0.2) is 0 Å². The van der Waals surface area contributed by atoms with Gasteiger partial charge in [-0.15, -0.1) is 0 Å². The molecule has 5 nitrogen and oxygen atoms in total. The summed E-state index contributed by atoms with van der Waals surface area (Å²) in [4.78, 5) is 10.2. The highest BCUT2D eigenvalue weighted by Crippen LogP contribution is 2.28. The van der Waals surface area contributed by atoms with Gasteiger partial charge in [-0.25, -0.2) is 9.97 Å². The van der Waals surface area contributed by atoms with Gasteiger partial charge in [0.05, 0.1) is 7.11 Å². The second kappa shape index (κ2) is 6.34. The van der Waals surface area contributed by atoms with E-state index < -0.39 is 0 Å². The van der Waals surface area contributed by atoms with Crippen molar-refractivity contribution in [3.8, 4) is 5.75 Å². The highest BCUT2D eigenvalue weighted by atomic mass is 16.5. The molecule has 1 heterocycles. The summed E-state index contributed by atoms with van der Waals surface area (Å²) in [6.45, 7) is 2.90. The van der Waals surface area contributed by atoms with E-state index in [1.165, 1.54) is 0 Å². The number of nitrogen functional groups attached to an aromatic ring is 1. The van der Waals surface area contributed by atoms with Gasteiger partial charge in [0.25, 0.3) is 0 Å². The highest BCUT2D eigenvalue weighted by molar-refractivity contribution is 5.35. The summed E-state index contributed by atoms with van der Waals surface area (Å²) in [6, 6.07) is 8.28. The van der Waals surface area contributed by atoms with Crippen molar-refractivity contribution in [2.45, 2.75) is 19.5 Å². The standard InChI is InChI=1S/C15H20N4O/c1-11(13-6-4-5-7-14(13)20-3)19(2)10-12-8-17-15(16)18-9-12/h4-9,11H,10H2,1-3H3,(H2,16,17,18). The van der Waals surface area contributed by atoms with Crippen LogP contribution in [0, 0.1) is 0 Å². The lowest BCUT2D eigenvalue weighted by Crippen LogP contribution is -2.22. The van der Waals surface area contributed by atoms with Gasteiger partial charge in [0.2, 0.25) is 5.95 Å². The first-order valence-corrected chi connectivity index (χ1v) is 6.51. The van der Waals surface area contributed by atoms with Crippen LogP contribution in [-0.4, -0.2) is 29.0 Å². The monoisotopic (exact) mass is 272 g/mol. The maximum atomic E-state index is 5.49. The Labute approximate surface area is 119 Å². The molecule has 0 bridgehead atoms. The van der Waals surface area contributed by atoms with Crippen LogP contribution in [0.4, 0.5) is 5.95 Å². The molecule has 20 heavy (non-hydrogen) atoms. The quantitative estimate of drug-likeness (QED) is 0.904. The Bertz CT molecular complexity index is 556. The van der Waals surface area contributed by atoms with E-state index in [1.807, 2.05) is 18.2 Å². The molecule has 0 aliphatic heterocycles. The predicted molar refractivity (Wildman–Crippen MR) is 79.3 cm³/mol. The first-order valence-electron chi connectivity index (χ1n) is 6.51. The average Bonchev–Trinajstić information content (AvgIpc) is 2.48. The summed E-state index contributed by atoms with van der Waals surface area (Å²) >= 11 is 0. The molecule has 1 atom stereocenters. The number of hydrogen-bond donors (Lipinski definition) is 1. The summed E-state index contributed by atoms with van der Waals surface area (Å²) in [6.07, 6.45) is 3.52. The van der Waals surface area contributed by atoms with E-state index in [-0.39, 0.29) is 6.04 Å². The zero-order chi connectivity index (χ0) is 14.5. The molecule has 2 aromatic rings. The van der Waals surface area contributed by atoms with Crippen LogP contribution in [0.15, 0.2) is 36.7 Å². The van der Waals surface area contributed by atoms with Crippen LogP contribution in [0.2, 0.25) is 0 Å². The Morgan fingerprint density at radius 2 is 1.90 bits per heavy atom. The van der Waals surface area contributed by atoms with Crippen molar-refractivity contribution in [2.75, 3.05) is 19.9 Å². The number of benzene rings is 1. The van der Waals surface area contributed by atoms with Gasteiger partial charge in [0.1, 0.15) is 5.75 Å². The molecule has 0 amide bonds. The van der Waals surface area contributed by atoms with Crippen molar-refractivity contribution in [1.29, 1.82) is 0 Å². The lowest BCUT2D eigenvalue weighted by Gasteiger charge is -2.26. The Hall–Kier alpha value is -2.14. The molecule has 0 saturated heterocycles. The maximum absolute atomic E-state index is 5.49. The average molecular weight is 272 g/mol. The van der Waals surface area contributed by atoms with Gasteiger partial charge < -0.3 is 10.5 Å². The topological polar surface area (TPSA) is 64.3 Å². The van der Waals surface area contributed by atoms with Crippen molar-refractivity contribution < 1.29 is 4.74 Å². The molecule has 0 radical (unpaired) electrons. The van der Waals surface area contributed by atoms with Gasteiger partial charge in [-0.3, -0.25) is 4.90 Å². The van der Waals surface area contributed by atoms with E-state index in [1.54, 1.807) is 19.5 Å². The minimum Gasteiger partial charge on any atom is -0.496 e. The Kier molecular flexibility index (Phi) is 4.53. The molecule has 0 saturated carbocycles. The maximum Gasteiger partial charge on any atom is 0.219 e. The lowest BCUT2D eigenvalue weighted by atomic mass is 10.1. The zero-order valence-electron chi connectivity index (χ0n) is 12.1. The van der Waals surface area contributed by atoms with Crippen molar-refractivity contribution >= 4 is 5.95 Å². The summed E-state index contributed by atoms with van der Waals surface area (Å²) in [7, 11) is 3.76. The molecule has 0 aliphatic carbocycles. The fraction of sp³-hybridized carbons (Fsp3) is 0.333. The summed E-state index contributed by atoms with van der Waals surface area (Å²) in [5.74, 6) is 1.20. The number of nitrogens with two attached hydrogens (primary N) is 1. The molecule has 1 aromatic heterocycles. The van der Waals surface area contributed by atoms with Crippen LogP contribution in [-0.2, 0) is 6.54 Å². The molecule has 106 valence electrons. The van der Waals surface area contributed by atoms with Crippen molar-refractivity contribution in [2.24, 2.45) is 0 Å². The summed E-state index contributed by atoms with van der Waals surface area (Å²) in [5, 5.41) is 0. The van der Waals surface area contributed by atoms with Crippen LogP contribution >= 0.6 is 0 Å². The van der Waals surface area contributed by atoms with E-state index >= 15 is 0 Å². The van der Waals surface area contributed by atoms with Gasteiger partial charge in [-0.1, -0.05) is 18.2 Å². The SMILES string of the molecule is COc1ccccc1C(C)N(C)Cc1cnc(N)nc1. The molecule has 1 aromatic carbocycles. The van der Waals surface area contributed by atoms with E-state index in [2.05, 4.69) is 34.9 Å². The largest absolute Gasteiger partial charge is 0.496 e. The minimum absolute atomic E-state index is 0.226. The van der Waals surface area contributed by atoms with Crippen LogP contribution in [0.5, 0.6) is 5.75 Å². The molecule has 5 heteroatoms. The Balaban J connectivity index is 2.12. The smallest absolute Gasteiger partial charge is 0.219 e. The van der Waals surface area contributed by atoms with Gasteiger partial charge in [-0.05, 0) is 20.0 Å². The third-order valence-electron chi connectivity index (χ3n) is 3.41. The van der Waals surface area contributed by atoms with Crippen LogP contribution in [0.3, 0.4) is 0 Å². The van der Waals surface area contributed by atoms with E-state index in [4.69, 9.17) is 10.5 Å². The van der Waals surface area contributed by atoms with Crippen LogP contribution in [0.25, 0.3) is 0 Å².